The molecule has 0 rings (SSSR count). The number of nitrogens with one attached hydrogen (secondary N) is 2. The van der Waals surface area contributed by atoms with Crippen LogP contribution in [0.2, 0.25) is 0 Å². The molecule has 15 heavy (non-hydrogen) atoms. The Morgan fingerprint density at radius 1 is 1.33 bits per heavy atom. The molecule has 0 aromatic rings. The normalized spacial score (nSPS) is 15.9. The van der Waals surface area contributed by atoms with Crippen LogP contribution in [-0.4, -0.2) is 37.2 Å². The van der Waals surface area contributed by atoms with E-state index in [1.807, 2.05) is 34.6 Å². The first kappa shape index (κ1) is 14.4. The van der Waals surface area contributed by atoms with Crippen molar-refractivity contribution in [1.82, 2.24) is 10.6 Å². The molecule has 0 aromatic carbocycles. The lowest BCUT2D eigenvalue weighted by molar-refractivity contribution is -0.121. The first-order chi connectivity index (χ1) is 6.76. The van der Waals surface area contributed by atoms with Gasteiger partial charge in [-0.15, -0.1) is 0 Å². The fraction of sp³-hybridized carbons (Fsp3) is 0.909. The van der Waals surface area contributed by atoms with E-state index in [1.165, 1.54) is 0 Å². The van der Waals surface area contributed by atoms with Gasteiger partial charge in [0.2, 0.25) is 5.91 Å². The lowest BCUT2D eigenvalue weighted by Gasteiger charge is -2.23. The van der Waals surface area contributed by atoms with E-state index >= 15 is 0 Å². The number of hydrogen-bond donors (Lipinski definition) is 2. The molecule has 2 atom stereocenters. The summed E-state index contributed by atoms with van der Waals surface area (Å²) in [6.45, 7) is 10.2. The predicted octanol–water partition coefficient (Wildman–Crippen LogP) is 0.914. The van der Waals surface area contributed by atoms with Crippen molar-refractivity contribution in [3.8, 4) is 0 Å². The van der Waals surface area contributed by atoms with Gasteiger partial charge in [-0.3, -0.25) is 4.79 Å². The van der Waals surface area contributed by atoms with Crippen LogP contribution in [0.5, 0.6) is 0 Å². The minimum absolute atomic E-state index is 0.0117. The lowest BCUT2D eigenvalue weighted by atomic mass is 10.1. The molecule has 0 radical (unpaired) electrons. The van der Waals surface area contributed by atoms with Gasteiger partial charge in [0.1, 0.15) is 0 Å². The van der Waals surface area contributed by atoms with E-state index in [0.29, 0.717) is 6.54 Å². The first-order valence-corrected chi connectivity index (χ1v) is 5.33. The van der Waals surface area contributed by atoms with Crippen molar-refractivity contribution < 1.29 is 9.53 Å². The average Bonchev–Trinajstić information content (AvgIpc) is 2.10. The topological polar surface area (TPSA) is 50.4 Å². The van der Waals surface area contributed by atoms with Gasteiger partial charge in [0, 0.05) is 18.7 Å². The van der Waals surface area contributed by atoms with Crippen LogP contribution >= 0.6 is 0 Å². The van der Waals surface area contributed by atoms with Crippen molar-refractivity contribution >= 4 is 5.91 Å². The van der Waals surface area contributed by atoms with Crippen molar-refractivity contribution in [1.29, 1.82) is 0 Å². The van der Waals surface area contributed by atoms with E-state index in [2.05, 4.69) is 10.6 Å². The maximum atomic E-state index is 11.5. The Kier molecular flexibility index (Phi) is 5.83. The number of amides is 1. The third-order valence-electron chi connectivity index (χ3n) is 2.17. The Bertz CT molecular complexity index is 199. The predicted molar refractivity (Wildman–Crippen MR) is 61.8 cm³/mol. The van der Waals surface area contributed by atoms with Crippen molar-refractivity contribution in [2.24, 2.45) is 0 Å². The summed E-state index contributed by atoms with van der Waals surface area (Å²) in [5, 5.41) is 6.01. The molecule has 2 N–H and O–H groups in total. The molecule has 0 heterocycles. The molecule has 0 fully saturated rings. The largest absolute Gasteiger partial charge is 0.380 e. The number of ether oxygens (including phenoxy) is 1. The molecule has 0 bridgehead atoms. The van der Waals surface area contributed by atoms with Crippen molar-refractivity contribution in [3.63, 3.8) is 0 Å². The van der Waals surface area contributed by atoms with Crippen LogP contribution in [-0.2, 0) is 9.53 Å². The Morgan fingerprint density at radius 3 is 2.27 bits per heavy atom. The standard InChI is InChI=1S/C11H24N2O2/c1-8(9(2)15-6)12-7-10(14)13-11(3,4)5/h8-9,12H,7H2,1-6H3,(H,13,14). The molecule has 1 amide bonds. The van der Waals surface area contributed by atoms with Crippen molar-refractivity contribution in [2.75, 3.05) is 13.7 Å². The molecular weight excluding hydrogens is 192 g/mol. The van der Waals surface area contributed by atoms with Gasteiger partial charge in [-0.25, -0.2) is 0 Å². The Balaban J connectivity index is 3.81. The minimum Gasteiger partial charge on any atom is -0.380 e. The van der Waals surface area contributed by atoms with E-state index in [9.17, 15) is 4.79 Å². The van der Waals surface area contributed by atoms with Gasteiger partial charge in [-0.2, -0.15) is 0 Å². The van der Waals surface area contributed by atoms with E-state index in [4.69, 9.17) is 4.74 Å². The van der Waals surface area contributed by atoms with Gasteiger partial charge in [0.05, 0.1) is 12.6 Å². The maximum Gasteiger partial charge on any atom is 0.234 e. The Morgan fingerprint density at radius 2 is 1.87 bits per heavy atom. The average molecular weight is 216 g/mol. The number of hydrogen-bond acceptors (Lipinski definition) is 3. The van der Waals surface area contributed by atoms with Crippen LogP contribution in [0.1, 0.15) is 34.6 Å². The molecule has 90 valence electrons. The number of methoxy groups -OCH3 is 1. The Labute approximate surface area is 92.8 Å². The lowest BCUT2D eigenvalue weighted by Crippen LogP contribution is -2.48. The number of carbonyl (C=O) groups is 1. The second-order valence-electron chi connectivity index (χ2n) is 4.91. The van der Waals surface area contributed by atoms with Gasteiger partial charge in [-0.1, -0.05) is 0 Å². The highest BCUT2D eigenvalue weighted by Crippen LogP contribution is 1.98. The quantitative estimate of drug-likeness (QED) is 0.718. The monoisotopic (exact) mass is 216 g/mol. The van der Waals surface area contributed by atoms with Gasteiger partial charge in [0.25, 0.3) is 0 Å². The van der Waals surface area contributed by atoms with Crippen LogP contribution < -0.4 is 10.6 Å². The summed E-state index contributed by atoms with van der Waals surface area (Å²) in [6, 6.07) is 0.167. The fourth-order valence-corrected chi connectivity index (χ4v) is 1.09. The summed E-state index contributed by atoms with van der Waals surface area (Å²) in [5.41, 5.74) is -0.172. The Hall–Kier alpha value is -0.610. The minimum atomic E-state index is -0.172. The van der Waals surface area contributed by atoms with E-state index in [1.54, 1.807) is 7.11 Å². The third kappa shape index (κ3) is 7.33. The summed E-state index contributed by atoms with van der Waals surface area (Å²) in [5.74, 6) is 0.0117. The second kappa shape index (κ2) is 6.08. The van der Waals surface area contributed by atoms with E-state index < -0.39 is 0 Å². The van der Waals surface area contributed by atoms with Crippen LogP contribution in [0.15, 0.2) is 0 Å². The summed E-state index contributed by atoms with van der Waals surface area (Å²) >= 11 is 0. The second-order valence-corrected chi connectivity index (χ2v) is 4.91. The first-order valence-electron chi connectivity index (χ1n) is 5.33. The van der Waals surface area contributed by atoms with Crippen LogP contribution in [0.3, 0.4) is 0 Å². The highest BCUT2D eigenvalue weighted by atomic mass is 16.5. The van der Waals surface area contributed by atoms with Gasteiger partial charge in [-0.05, 0) is 34.6 Å². The molecule has 0 aromatic heterocycles. The molecule has 0 aliphatic heterocycles. The summed E-state index contributed by atoms with van der Waals surface area (Å²) in [4.78, 5) is 11.5. The SMILES string of the molecule is COC(C)C(C)NCC(=O)NC(C)(C)C. The smallest absolute Gasteiger partial charge is 0.234 e. The number of carbonyl (C=O) groups excluding carboxylic acids is 1. The molecule has 0 aliphatic rings. The van der Waals surface area contributed by atoms with Crippen LogP contribution in [0, 0.1) is 0 Å². The van der Waals surface area contributed by atoms with Crippen molar-refractivity contribution in [3.05, 3.63) is 0 Å². The third-order valence-corrected chi connectivity index (χ3v) is 2.17. The zero-order valence-electron chi connectivity index (χ0n) is 10.7. The zero-order valence-corrected chi connectivity index (χ0v) is 10.7. The molecule has 0 saturated carbocycles. The maximum absolute atomic E-state index is 11.5. The molecule has 0 saturated heterocycles. The van der Waals surface area contributed by atoms with Gasteiger partial charge in [0.15, 0.2) is 0 Å². The van der Waals surface area contributed by atoms with E-state index in [0.717, 1.165) is 0 Å². The summed E-state index contributed by atoms with van der Waals surface area (Å²) in [7, 11) is 1.66. The van der Waals surface area contributed by atoms with Crippen molar-refractivity contribution in [2.45, 2.75) is 52.3 Å². The molecular formula is C11H24N2O2. The molecule has 0 spiro atoms. The summed E-state index contributed by atoms with van der Waals surface area (Å²) in [6.07, 6.45) is 0.104. The molecule has 0 aliphatic carbocycles. The fourth-order valence-electron chi connectivity index (χ4n) is 1.09. The van der Waals surface area contributed by atoms with Crippen LogP contribution in [0.4, 0.5) is 0 Å². The zero-order chi connectivity index (χ0) is 12.1. The highest BCUT2D eigenvalue weighted by molar-refractivity contribution is 5.78. The molecule has 4 heteroatoms. The number of rotatable bonds is 5. The molecule has 4 nitrogen and oxygen atoms in total. The highest BCUT2D eigenvalue weighted by Gasteiger charge is 2.15. The van der Waals surface area contributed by atoms with Gasteiger partial charge < -0.3 is 15.4 Å². The van der Waals surface area contributed by atoms with Gasteiger partial charge >= 0.3 is 0 Å². The van der Waals surface area contributed by atoms with Crippen LogP contribution in [0.25, 0.3) is 0 Å². The van der Waals surface area contributed by atoms with E-state index in [-0.39, 0.29) is 23.6 Å². The summed E-state index contributed by atoms with van der Waals surface area (Å²) < 4.78 is 5.15. The molecule has 2 unspecified atom stereocenters.